The van der Waals surface area contributed by atoms with E-state index in [1.165, 1.54) is 28.9 Å². The third-order valence-corrected chi connectivity index (χ3v) is 3.15. The van der Waals surface area contributed by atoms with Crippen LogP contribution in [-0.4, -0.2) is 16.3 Å². The third kappa shape index (κ3) is 3.57. The molecule has 4 nitrogen and oxygen atoms in total. The molecule has 1 heterocycles. The fourth-order valence-electron chi connectivity index (χ4n) is 1.74. The highest BCUT2D eigenvalue weighted by atomic mass is 35.5. The van der Waals surface area contributed by atoms with Crippen LogP contribution in [0.2, 0.25) is 5.02 Å². The summed E-state index contributed by atoms with van der Waals surface area (Å²) in [5.41, 5.74) is 0.945. The first-order valence-electron chi connectivity index (χ1n) is 6.35. The molecular formula is C14H15ClFN3O. The zero-order valence-corrected chi connectivity index (χ0v) is 11.8. The lowest BCUT2D eigenvalue weighted by Gasteiger charge is -2.08. The van der Waals surface area contributed by atoms with Crippen molar-refractivity contribution in [3.63, 3.8) is 0 Å². The second-order valence-electron chi connectivity index (χ2n) is 4.40. The summed E-state index contributed by atoms with van der Waals surface area (Å²) in [4.78, 5) is 11.9. The van der Waals surface area contributed by atoms with Crippen molar-refractivity contribution in [2.24, 2.45) is 0 Å². The summed E-state index contributed by atoms with van der Waals surface area (Å²) in [6, 6.07) is 5.52. The van der Waals surface area contributed by atoms with Gasteiger partial charge in [0.1, 0.15) is 5.82 Å². The number of anilines is 1. The zero-order valence-electron chi connectivity index (χ0n) is 11.1. The van der Waals surface area contributed by atoms with E-state index < -0.39 is 5.82 Å². The van der Waals surface area contributed by atoms with Gasteiger partial charge >= 0.3 is 0 Å². The Morgan fingerprint density at radius 3 is 2.90 bits per heavy atom. The SMILES string of the molecule is CCCNc1cnn(Cc2cc(F)ccc2Cl)c(=O)c1. The predicted octanol–water partition coefficient (Wildman–Crippen LogP) is 2.91. The van der Waals surface area contributed by atoms with E-state index >= 15 is 0 Å². The number of benzene rings is 1. The number of aromatic nitrogens is 2. The van der Waals surface area contributed by atoms with Gasteiger partial charge in [-0.25, -0.2) is 9.07 Å². The molecule has 0 spiro atoms. The lowest BCUT2D eigenvalue weighted by atomic mass is 10.2. The summed E-state index contributed by atoms with van der Waals surface area (Å²) in [6.45, 7) is 2.96. The normalized spacial score (nSPS) is 10.6. The number of halogens is 2. The molecule has 0 aliphatic heterocycles. The van der Waals surface area contributed by atoms with Crippen molar-refractivity contribution >= 4 is 17.3 Å². The summed E-state index contributed by atoms with van der Waals surface area (Å²) >= 11 is 5.98. The van der Waals surface area contributed by atoms with Gasteiger partial charge < -0.3 is 5.32 Å². The van der Waals surface area contributed by atoms with Crippen molar-refractivity contribution in [3.8, 4) is 0 Å². The molecule has 20 heavy (non-hydrogen) atoms. The van der Waals surface area contributed by atoms with Crippen molar-refractivity contribution in [2.45, 2.75) is 19.9 Å². The largest absolute Gasteiger partial charge is 0.384 e. The molecule has 0 radical (unpaired) electrons. The maximum atomic E-state index is 13.2. The maximum absolute atomic E-state index is 13.2. The molecule has 0 bridgehead atoms. The second kappa shape index (κ2) is 6.52. The van der Waals surface area contributed by atoms with Gasteiger partial charge in [-0.3, -0.25) is 4.79 Å². The van der Waals surface area contributed by atoms with Crippen LogP contribution in [-0.2, 0) is 6.54 Å². The fourth-order valence-corrected chi connectivity index (χ4v) is 1.92. The summed E-state index contributed by atoms with van der Waals surface area (Å²) in [5, 5.41) is 7.55. The molecule has 1 N–H and O–H groups in total. The van der Waals surface area contributed by atoms with E-state index in [4.69, 9.17) is 11.6 Å². The molecule has 0 atom stereocenters. The molecule has 1 aromatic heterocycles. The van der Waals surface area contributed by atoms with Crippen LogP contribution in [0.5, 0.6) is 0 Å². The van der Waals surface area contributed by atoms with E-state index in [0.29, 0.717) is 16.3 Å². The number of nitrogens with one attached hydrogen (secondary N) is 1. The quantitative estimate of drug-likeness (QED) is 0.922. The molecule has 0 unspecified atom stereocenters. The molecule has 106 valence electrons. The summed E-state index contributed by atoms with van der Waals surface area (Å²) in [5.74, 6) is -0.390. The van der Waals surface area contributed by atoms with Gasteiger partial charge in [-0.05, 0) is 30.2 Å². The molecule has 2 rings (SSSR count). The fraction of sp³-hybridized carbons (Fsp3) is 0.286. The molecule has 2 aromatic rings. The Kier molecular flexibility index (Phi) is 4.74. The maximum Gasteiger partial charge on any atom is 0.269 e. The highest BCUT2D eigenvalue weighted by Gasteiger charge is 2.06. The van der Waals surface area contributed by atoms with Gasteiger partial charge in [0.15, 0.2) is 0 Å². The molecular weight excluding hydrogens is 281 g/mol. The highest BCUT2D eigenvalue weighted by Crippen LogP contribution is 2.17. The Hall–Kier alpha value is -1.88. The van der Waals surface area contributed by atoms with Crippen molar-refractivity contribution in [1.29, 1.82) is 0 Å². The van der Waals surface area contributed by atoms with Crippen LogP contribution >= 0.6 is 11.6 Å². The van der Waals surface area contributed by atoms with Gasteiger partial charge in [0.2, 0.25) is 0 Å². The molecule has 0 saturated heterocycles. The summed E-state index contributed by atoms with van der Waals surface area (Å²) < 4.78 is 14.4. The molecule has 0 aliphatic carbocycles. The lowest BCUT2D eigenvalue weighted by molar-refractivity contribution is 0.611. The smallest absolute Gasteiger partial charge is 0.269 e. The van der Waals surface area contributed by atoms with Gasteiger partial charge in [0.25, 0.3) is 5.56 Å². The molecule has 0 saturated carbocycles. The molecule has 6 heteroatoms. The number of rotatable bonds is 5. The van der Waals surface area contributed by atoms with Crippen LogP contribution in [0.3, 0.4) is 0 Å². The average Bonchev–Trinajstić information content (AvgIpc) is 2.43. The van der Waals surface area contributed by atoms with Crippen LogP contribution in [0.1, 0.15) is 18.9 Å². The van der Waals surface area contributed by atoms with Crippen LogP contribution in [0, 0.1) is 5.82 Å². The van der Waals surface area contributed by atoms with Gasteiger partial charge in [-0.1, -0.05) is 18.5 Å². The van der Waals surface area contributed by atoms with E-state index in [2.05, 4.69) is 10.4 Å². The lowest BCUT2D eigenvalue weighted by Crippen LogP contribution is -2.23. The molecule has 0 aliphatic rings. The second-order valence-corrected chi connectivity index (χ2v) is 4.81. The number of hydrogen-bond acceptors (Lipinski definition) is 3. The third-order valence-electron chi connectivity index (χ3n) is 2.78. The van der Waals surface area contributed by atoms with Crippen LogP contribution < -0.4 is 10.9 Å². The van der Waals surface area contributed by atoms with Crippen LogP contribution in [0.4, 0.5) is 10.1 Å². The van der Waals surface area contributed by atoms with Gasteiger partial charge in [-0.2, -0.15) is 5.10 Å². The Balaban J connectivity index is 2.21. The van der Waals surface area contributed by atoms with E-state index in [1.807, 2.05) is 6.92 Å². The first kappa shape index (κ1) is 14.5. The number of nitrogens with zero attached hydrogens (tertiary/aromatic N) is 2. The van der Waals surface area contributed by atoms with Crippen LogP contribution in [0.15, 0.2) is 35.3 Å². The Morgan fingerprint density at radius 2 is 2.20 bits per heavy atom. The van der Waals surface area contributed by atoms with Crippen molar-refractivity contribution in [3.05, 3.63) is 57.2 Å². The van der Waals surface area contributed by atoms with Gasteiger partial charge in [0.05, 0.1) is 18.4 Å². The minimum atomic E-state index is -0.390. The number of hydrogen-bond donors (Lipinski definition) is 1. The molecule has 0 amide bonds. The minimum absolute atomic E-state index is 0.142. The minimum Gasteiger partial charge on any atom is -0.384 e. The monoisotopic (exact) mass is 295 g/mol. The van der Waals surface area contributed by atoms with Gasteiger partial charge in [-0.15, -0.1) is 0 Å². The predicted molar refractivity (Wildman–Crippen MR) is 77.8 cm³/mol. The van der Waals surface area contributed by atoms with Gasteiger partial charge in [0, 0.05) is 17.6 Å². The molecule has 0 fully saturated rings. The summed E-state index contributed by atoms with van der Waals surface area (Å²) in [7, 11) is 0. The van der Waals surface area contributed by atoms with E-state index in [9.17, 15) is 9.18 Å². The first-order chi connectivity index (χ1) is 9.60. The van der Waals surface area contributed by atoms with Crippen molar-refractivity contribution in [2.75, 3.05) is 11.9 Å². The Morgan fingerprint density at radius 1 is 1.40 bits per heavy atom. The van der Waals surface area contributed by atoms with E-state index in [-0.39, 0.29) is 12.1 Å². The Labute approximate surface area is 121 Å². The topological polar surface area (TPSA) is 46.9 Å². The molecule has 1 aromatic carbocycles. The first-order valence-corrected chi connectivity index (χ1v) is 6.73. The highest BCUT2D eigenvalue weighted by molar-refractivity contribution is 6.31. The Bertz CT molecular complexity index is 657. The average molecular weight is 296 g/mol. The van der Waals surface area contributed by atoms with E-state index in [0.717, 1.165) is 13.0 Å². The van der Waals surface area contributed by atoms with Crippen molar-refractivity contribution < 1.29 is 4.39 Å². The van der Waals surface area contributed by atoms with E-state index in [1.54, 1.807) is 6.20 Å². The standard InChI is InChI=1S/C14H15ClFN3O/c1-2-5-17-12-7-14(20)19(18-8-12)9-10-6-11(16)3-4-13(10)15/h3-4,6-8,17H,2,5,9H2,1H3. The zero-order chi connectivity index (χ0) is 14.5. The summed E-state index contributed by atoms with van der Waals surface area (Å²) in [6.07, 6.45) is 2.53. The van der Waals surface area contributed by atoms with Crippen molar-refractivity contribution in [1.82, 2.24) is 9.78 Å². The van der Waals surface area contributed by atoms with Crippen LogP contribution in [0.25, 0.3) is 0 Å².